The van der Waals surface area contributed by atoms with E-state index in [4.69, 9.17) is 9.15 Å². The summed E-state index contributed by atoms with van der Waals surface area (Å²) in [6.45, 7) is 5.84. The van der Waals surface area contributed by atoms with Gasteiger partial charge in [-0.3, -0.25) is 14.4 Å². The molecule has 2 N–H and O–H groups in total. The Kier molecular flexibility index (Phi) is 12.2. The van der Waals surface area contributed by atoms with Gasteiger partial charge in [-0.2, -0.15) is 0 Å². The second-order valence-corrected chi connectivity index (χ2v) is 10.8. The summed E-state index contributed by atoms with van der Waals surface area (Å²) in [5, 5.41) is 5.83. The number of para-hydroxylation sites is 1. The highest BCUT2D eigenvalue weighted by molar-refractivity contribution is 7.99. The second kappa shape index (κ2) is 15.8. The van der Waals surface area contributed by atoms with E-state index >= 15 is 0 Å². The summed E-state index contributed by atoms with van der Waals surface area (Å²) in [5.41, 5.74) is 0.943. The van der Waals surface area contributed by atoms with Gasteiger partial charge in [-0.15, -0.1) is 11.8 Å². The molecule has 0 spiro atoms. The first-order valence-electron chi connectivity index (χ1n) is 13.3. The lowest BCUT2D eigenvalue weighted by Gasteiger charge is -2.26. The summed E-state index contributed by atoms with van der Waals surface area (Å²) in [6, 6.07) is 20.9. The fraction of sp³-hybridized carbons (Fsp3) is 0.387. The van der Waals surface area contributed by atoms with Crippen molar-refractivity contribution in [2.45, 2.75) is 64.0 Å². The molecule has 3 atom stereocenters. The van der Waals surface area contributed by atoms with Gasteiger partial charge in [0.05, 0.1) is 23.8 Å². The third-order valence-corrected chi connectivity index (χ3v) is 7.06. The zero-order valence-corrected chi connectivity index (χ0v) is 23.6. The number of carbonyl (C=O) groups excluding carboxylic acids is 3. The largest absolute Gasteiger partial charge is 0.481 e. The Morgan fingerprint density at radius 1 is 0.872 bits per heavy atom. The van der Waals surface area contributed by atoms with Crippen LogP contribution in [0.15, 0.2) is 83.5 Å². The van der Waals surface area contributed by atoms with Gasteiger partial charge in [-0.05, 0) is 55.0 Å². The van der Waals surface area contributed by atoms with E-state index in [1.165, 1.54) is 11.8 Å². The molecule has 2 aromatic carbocycles. The number of amides is 2. The van der Waals surface area contributed by atoms with E-state index in [-0.39, 0.29) is 29.3 Å². The summed E-state index contributed by atoms with van der Waals surface area (Å²) < 4.78 is 11.2. The molecule has 0 radical (unpaired) electrons. The van der Waals surface area contributed by atoms with Gasteiger partial charge < -0.3 is 19.8 Å². The van der Waals surface area contributed by atoms with Crippen molar-refractivity contribution in [3.63, 3.8) is 0 Å². The maximum atomic E-state index is 13.5. The summed E-state index contributed by atoms with van der Waals surface area (Å²) in [4.78, 5) is 39.9. The van der Waals surface area contributed by atoms with Crippen LogP contribution >= 0.6 is 11.8 Å². The van der Waals surface area contributed by atoms with Crippen LogP contribution in [0.5, 0.6) is 5.75 Å². The zero-order chi connectivity index (χ0) is 28.0. The lowest BCUT2D eigenvalue weighted by Crippen LogP contribution is -2.54. The monoisotopic (exact) mass is 550 g/mol. The van der Waals surface area contributed by atoms with Crippen LogP contribution in [0, 0.1) is 5.92 Å². The number of furan rings is 1. The minimum absolute atomic E-state index is 0.0859. The van der Waals surface area contributed by atoms with Gasteiger partial charge in [-0.25, -0.2) is 0 Å². The van der Waals surface area contributed by atoms with Crippen LogP contribution in [0.4, 0.5) is 0 Å². The zero-order valence-electron chi connectivity index (χ0n) is 22.8. The highest BCUT2D eigenvalue weighted by atomic mass is 32.2. The minimum Gasteiger partial charge on any atom is -0.481 e. The maximum absolute atomic E-state index is 13.5. The van der Waals surface area contributed by atoms with E-state index < -0.39 is 18.2 Å². The smallest absolute Gasteiger partial charge is 0.261 e. The average Bonchev–Trinajstić information content (AvgIpc) is 3.45. The number of hydrogen-bond donors (Lipinski definition) is 2. The molecule has 2 unspecified atom stereocenters. The molecule has 0 aliphatic rings. The molecule has 0 aliphatic carbocycles. The van der Waals surface area contributed by atoms with Gasteiger partial charge in [0.1, 0.15) is 17.6 Å². The molecule has 7 nitrogen and oxygen atoms in total. The van der Waals surface area contributed by atoms with Crippen LogP contribution in [0.3, 0.4) is 0 Å². The fourth-order valence-electron chi connectivity index (χ4n) is 4.07. The van der Waals surface area contributed by atoms with Crippen molar-refractivity contribution in [1.29, 1.82) is 0 Å². The van der Waals surface area contributed by atoms with E-state index in [1.807, 2.05) is 81.4 Å². The first-order chi connectivity index (χ1) is 18.9. The second-order valence-electron chi connectivity index (χ2n) is 9.81. The Hall–Kier alpha value is -3.52. The van der Waals surface area contributed by atoms with Crippen molar-refractivity contribution in [3.05, 3.63) is 90.4 Å². The van der Waals surface area contributed by atoms with Crippen LogP contribution in [-0.4, -0.2) is 41.5 Å². The van der Waals surface area contributed by atoms with E-state index in [9.17, 15) is 14.4 Å². The van der Waals surface area contributed by atoms with Crippen LogP contribution in [0.1, 0.15) is 44.9 Å². The first kappa shape index (κ1) is 30.0. The number of nitrogens with one attached hydrogen (secondary N) is 2. The summed E-state index contributed by atoms with van der Waals surface area (Å²) in [5.74, 6) is 1.49. The number of thioether (sulfide) groups is 1. The van der Waals surface area contributed by atoms with Crippen LogP contribution in [0.2, 0.25) is 0 Å². The van der Waals surface area contributed by atoms with Gasteiger partial charge in [0.25, 0.3) is 5.91 Å². The normalized spacial score (nSPS) is 13.3. The standard InChI is InChI=1S/C31H38N2O5S/c1-4-29(38-24-14-9-6-10-15-24)31(36)33-27(18-22(2)3)30(35)32-26(19-23-12-7-5-8-13-23)28(34)21-39-20-25-16-11-17-37-25/h5-17,22,26-27,29H,4,18-21H2,1-3H3,(H,32,35)(H,33,36)/t26-,27?,29?/m0/s1. The van der Waals surface area contributed by atoms with Gasteiger partial charge >= 0.3 is 0 Å². The molecule has 0 bridgehead atoms. The quantitative estimate of drug-likeness (QED) is 0.255. The van der Waals surface area contributed by atoms with Crippen molar-refractivity contribution in [3.8, 4) is 5.75 Å². The Morgan fingerprint density at radius 3 is 2.15 bits per heavy atom. The van der Waals surface area contributed by atoms with Crippen molar-refractivity contribution in [2.75, 3.05) is 5.75 Å². The summed E-state index contributed by atoms with van der Waals surface area (Å²) in [6.07, 6.45) is 2.10. The van der Waals surface area contributed by atoms with E-state index in [0.29, 0.717) is 30.8 Å². The number of carbonyl (C=O) groups is 3. The minimum atomic E-state index is -0.798. The molecule has 0 aliphatic heterocycles. The van der Waals surface area contributed by atoms with Crippen molar-refractivity contribution < 1.29 is 23.5 Å². The third-order valence-electron chi connectivity index (χ3n) is 6.08. The van der Waals surface area contributed by atoms with E-state index in [0.717, 1.165) is 11.3 Å². The molecule has 3 rings (SSSR count). The molecule has 2 amide bonds. The highest BCUT2D eigenvalue weighted by Crippen LogP contribution is 2.16. The molecule has 0 saturated heterocycles. The molecule has 1 heterocycles. The number of benzene rings is 2. The third kappa shape index (κ3) is 10.3. The topological polar surface area (TPSA) is 97.6 Å². The Balaban J connectivity index is 1.69. The predicted octanol–water partition coefficient (Wildman–Crippen LogP) is 5.20. The van der Waals surface area contributed by atoms with Crippen LogP contribution in [-0.2, 0) is 26.6 Å². The summed E-state index contributed by atoms with van der Waals surface area (Å²) in [7, 11) is 0. The number of hydrogen-bond acceptors (Lipinski definition) is 6. The number of Topliss-reactive ketones (excluding diaryl/α,β-unsaturated/α-hetero) is 1. The Morgan fingerprint density at radius 2 is 1.54 bits per heavy atom. The molecule has 1 aromatic heterocycles. The van der Waals surface area contributed by atoms with E-state index in [2.05, 4.69) is 10.6 Å². The molecule has 39 heavy (non-hydrogen) atoms. The number of ether oxygens (including phenoxy) is 1. The molecular weight excluding hydrogens is 512 g/mol. The van der Waals surface area contributed by atoms with Crippen LogP contribution in [0.25, 0.3) is 0 Å². The molecule has 8 heteroatoms. The fourth-order valence-corrected chi connectivity index (χ4v) is 4.94. The molecule has 3 aromatic rings. The lowest BCUT2D eigenvalue weighted by molar-refractivity contribution is -0.134. The van der Waals surface area contributed by atoms with Gasteiger partial charge in [0.2, 0.25) is 5.91 Å². The number of ketones is 1. The average molecular weight is 551 g/mol. The van der Waals surface area contributed by atoms with Crippen molar-refractivity contribution in [2.24, 2.45) is 5.92 Å². The van der Waals surface area contributed by atoms with Crippen molar-refractivity contribution in [1.82, 2.24) is 10.6 Å². The molecule has 0 saturated carbocycles. The molecule has 0 fully saturated rings. The number of rotatable bonds is 16. The lowest BCUT2D eigenvalue weighted by atomic mass is 9.99. The van der Waals surface area contributed by atoms with Crippen LogP contribution < -0.4 is 15.4 Å². The Bertz CT molecular complexity index is 1150. The Labute approximate surface area is 235 Å². The SMILES string of the molecule is CCC(Oc1ccccc1)C(=O)NC(CC(C)C)C(=O)N[C@@H](Cc1ccccc1)C(=O)CSCc1ccco1. The highest BCUT2D eigenvalue weighted by Gasteiger charge is 2.30. The molecular formula is C31H38N2O5S. The van der Waals surface area contributed by atoms with Gasteiger partial charge in [0, 0.05) is 0 Å². The molecule has 208 valence electrons. The predicted molar refractivity (Wildman–Crippen MR) is 154 cm³/mol. The summed E-state index contributed by atoms with van der Waals surface area (Å²) >= 11 is 1.44. The van der Waals surface area contributed by atoms with E-state index in [1.54, 1.807) is 18.4 Å². The van der Waals surface area contributed by atoms with Gasteiger partial charge in [-0.1, -0.05) is 69.3 Å². The van der Waals surface area contributed by atoms with Gasteiger partial charge in [0.15, 0.2) is 11.9 Å². The first-order valence-corrected chi connectivity index (χ1v) is 14.5. The van der Waals surface area contributed by atoms with Crippen molar-refractivity contribution >= 4 is 29.4 Å². The maximum Gasteiger partial charge on any atom is 0.261 e.